The predicted molar refractivity (Wildman–Crippen MR) is 75.2 cm³/mol. The number of nitrogens with zero attached hydrogens (tertiary/aromatic N) is 3. The van der Waals surface area contributed by atoms with Crippen molar-refractivity contribution < 1.29 is 9.26 Å². The minimum absolute atomic E-state index is 0.0345. The molecule has 4 rings (SSSR count). The van der Waals surface area contributed by atoms with E-state index >= 15 is 0 Å². The molecular formula is C13H16N4O2S. The van der Waals surface area contributed by atoms with Crippen LogP contribution < -0.4 is 10.2 Å². The number of nitrogens with one attached hydrogen (secondary N) is 1. The Bertz CT molecular complexity index is 591. The van der Waals surface area contributed by atoms with Crippen LogP contribution in [-0.4, -0.2) is 43.0 Å². The van der Waals surface area contributed by atoms with E-state index in [4.69, 9.17) is 9.26 Å². The van der Waals surface area contributed by atoms with E-state index < -0.39 is 0 Å². The first-order chi connectivity index (χ1) is 9.92. The molecule has 2 aromatic heterocycles. The van der Waals surface area contributed by atoms with E-state index in [-0.39, 0.29) is 6.04 Å². The molecule has 2 aliphatic heterocycles. The Morgan fingerprint density at radius 3 is 3.15 bits per heavy atom. The fraction of sp³-hybridized carbons (Fsp3) is 0.538. The SMILES string of the molecule is c1cc2c(s1)CCNC2c1nc(N2CCOCC2)no1. The molecule has 0 aromatic carbocycles. The van der Waals surface area contributed by atoms with E-state index in [1.807, 2.05) is 0 Å². The number of fused-ring (bicyclic) bond motifs is 1. The maximum absolute atomic E-state index is 5.48. The van der Waals surface area contributed by atoms with Crippen molar-refractivity contribution >= 4 is 17.3 Å². The van der Waals surface area contributed by atoms with Crippen LogP contribution in [0.1, 0.15) is 22.4 Å². The standard InChI is InChI=1S/C13H16N4O2S/c1-3-14-11(9-2-8-20-10(1)9)12-15-13(16-19-12)17-4-6-18-7-5-17/h2,8,11,14H,1,3-7H2. The van der Waals surface area contributed by atoms with E-state index in [2.05, 4.69) is 31.8 Å². The third-order valence-corrected chi connectivity index (χ3v) is 4.76. The first-order valence-corrected chi connectivity index (χ1v) is 7.76. The van der Waals surface area contributed by atoms with Crippen LogP contribution in [0.3, 0.4) is 0 Å². The third-order valence-electron chi connectivity index (χ3n) is 3.76. The second-order valence-electron chi connectivity index (χ2n) is 4.97. The van der Waals surface area contributed by atoms with Crippen molar-refractivity contribution in [3.63, 3.8) is 0 Å². The van der Waals surface area contributed by atoms with Gasteiger partial charge in [0.2, 0.25) is 5.89 Å². The molecule has 0 aliphatic carbocycles. The monoisotopic (exact) mass is 292 g/mol. The number of rotatable bonds is 2. The Balaban J connectivity index is 1.60. The predicted octanol–water partition coefficient (Wildman–Crippen LogP) is 1.20. The second-order valence-corrected chi connectivity index (χ2v) is 5.97. The van der Waals surface area contributed by atoms with Gasteiger partial charge in [0.25, 0.3) is 5.95 Å². The van der Waals surface area contributed by atoms with Crippen LogP contribution in [0.5, 0.6) is 0 Å². The van der Waals surface area contributed by atoms with Gasteiger partial charge in [0.1, 0.15) is 6.04 Å². The Morgan fingerprint density at radius 1 is 1.35 bits per heavy atom. The molecular weight excluding hydrogens is 276 g/mol. The van der Waals surface area contributed by atoms with Crippen molar-refractivity contribution in [2.45, 2.75) is 12.5 Å². The van der Waals surface area contributed by atoms with Gasteiger partial charge in [-0.1, -0.05) is 0 Å². The third kappa shape index (κ3) is 2.11. The Hall–Kier alpha value is -1.44. The number of morpholine rings is 1. The summed E-state index contributed by atoms with van der Waals surface area (Å²) in [5, 5.41) is 9.71. The number of hydrogen-bond acceptors (Lipinski definition) is 7. The highest BCUT2D eigenvalue weighted by atomic mass is 32.1. The Labute approximate surface area is 120 Å². The van der Waals surface area contributed by atoms with Crippen molar-refractivity contribution in [3.05, 3.63) is 27.8 Å². The zero-order valence-electron chi connectivity index (χ0n) is 11.0. The van der Waals surface area contributed by atoms with E-state index in [1.165, 1.54) is 10.4 Å². The lowest BCUT2D eigenvalue weighted by atomic mass is 10.0. The molecule has 20 heavy (non-hydrogen) atoms. The highest BCUT2D eigenvalue weighted by molar-refractivity contribution is 7.10. The van der Waals surface area contributed by atoms with E-state index in [0.29, 0.717) is 11.8 Å². The van der Waals surface area contributed by atoms with Crippen LogP contribution in [0.15, 0.2) is 16.0 Å². The molecule has 0 bridgehead atoms. The number of ether oxygens (including phenoxy) is 1. The van der Waals surface area contributed by atoms with Crippen molar-refractivity contribution in [1.82, 2.24) is 15.5 Å². The average molecular weight is 292 g/mol. The van der Waals surface area contributed by atoms with Crippen molar-refractivity contribution in [3.8, 4) is 0 Å². The van der Waals surface area contributed by atoms with Crippen LogP contribution in [0.25, 0.3) is 0 Å². The lowest BCUT2D eigenvalue weighted by Crippen LogP contribution is -2.37. The fourth-order valence-electron chi connectivity index (χ4n) is 2.71. The molecule has 1 saturated heterocycles. The summed E-state index contributed by atoms with van der Waals surface area (Å²) in [4.78, 5) is 8.09. The Morgan fingerprint density at radius 2 is 2.25 bits per heavy atom. The number of hydrogen-bond donors (Lipinski definition) is 1. The molecule has 1 unspecified atom stereocenters. The fourth-order valence-corrected chi connectivity index (χ4v) is 3.63. The summed E-state index contributed by atoms with van der Waals surface area (Å²) in [6.07, 6.45) is 1.08. The van der Waals surface area contributed by atoms with Crippen molar-refractivity contribution in [2.24, 2.45) is 0 Å². The molecule has 6 nitrogen and oxygen atoms in total. The van der Waals surface area contributed by atoms with Gasteiger partial charge in [-0.3, -0.25) is 0 Å². The summed E-state index contributed by atoms with van der Waals surface area (Å²) in [6, 6.07) is 2.18. The van der Waals surface area contributed by atoms with Crippen molar-refractivity contribution in [1.29, 1.82) is 0 Å². The molecule has 1 atom stereocenters. The van der Waals surface area contributed by atoms with Gasteiger partial charge in [0, 0.05) is 24.5 Å². The van der Waals surface area contributed by atoms with Gasteiger partial charge in [-0.15, -0.1) is 11.3 Å². The van der Waals surface area contributed by atoms with E-state index in [9.17, 15) is 0 Å². The lowest BCUT2D eigenvalue weighted by molar-refractivity contribution is 0.121. The van der Waals surface area contributed by atoms with Gasteiger partial charge in [-0.2, -0.15) is 4.98 Å². The molecule has 2 aromatic rings. The number of anilines is 1. The molecule has 7 heteroatoms. The van der Waals surface area contributed by atoms with Gasteiger partial charge in [0.15, 0.2) is 0 Å². The van der Waals surface area contributed by atoms with Gasteiger partial charge >= 0.3 is 0 Å². The molecule has 0 spiro atoms. The summed E-state index contributed by atoms with van der Waals surface area (Å²) in [5.74, 6) is 1.33. The van der Waals surface area contributed by atoms with Gasteiger partial charge in [-0.25, -0.2) is 0 Å². The molecule has 0 amide bonds. The van der Waals surface area contributed by atoms with Crippen molar-refractivity contribution in [2.75, 3.05) is 37.7 Å². The molecule has 2 aliphatic rings. The highest BCUT2D eigenvalue weighted by Crippen LogP contribution is 2.31. The van der Waals surface area contributed by atoms with Crippen LogP contribution in [-0.2, 0) is 11.2 Å². The van der Waals surface area contributed by atoms with Crippen LogP contribution in [0.2, 0.25) is 0 Å². The smallest absolute Gasteiger partial charge is 0.266 e. The maximum atomic E-state index is 5.48. The summed E-state index contributed by atoms with van der Waals surface area (Å²) in [7, 11) is 0. The first kappa shape index (κ1) is 12.3. The van der Waals surface area contributed by atoms with Crippen LogP contribution >= 0.6 is 11.3 Å². The minimum Gasteiger partial charge on any atom is -0.378 e. The maximum Gasteiger partial charge on any atom is 0.266 e. The number of aromatic nitrogens is 2. The Kier molecular flexibility index (Phi) is 3.17. The van der Waals surface area contributed by atoms with Gasteiger partial charge in [-0.05, 0) is 28.6 Å². The molecule has 4 heterocycles. The molecule has 0 radical (unpaired) electrons. The quantitative estimate of drug-likeness (QED) is 0.897. The molecule has 106 valence electrons. The molecule has 0 saturated carbocycles. The van der Waals surface area contributed by atoms with E-state index in [1.54, 1.807) is 11.3 Å². The first-order valence-electron chi connectivity index (χ1n) is 6.88. The summed E-state index contributed by atoms with van der Waals surface area (Å²) in [5.41, 5.74) is 1.28. The topological polar surface area (TPSA) is 63.4 Å². The van der Waals surface area contributed by atoms with E-state index in [0.717, 1.165) is 39.3 Å². The summed E-state index contributed by atoms with van der Waals surface area (Å²) < 4.78 is 10.8. The normalized spacial score (nSPS) is 22.8. The highest BCUT2D eigenvalue weighted by Gasteiger charge is 2.28. The zero-order chi connectivity index (χ0) is 13.4. The minimum atomic E-state index is 0.0345. The molecule has 1 N–H and O–H groups in total. The largest absolute Gasteiger partial charge is 0.378 e. The van der Waals surface area contributed by atoms with Crippen LogP contribution in [0.4, 0.5) is 5.95 Å². The van der Waals surface area contributed by atoms with Gasteiger partial charge < -0.3 is 19.5 Å². The average Bonchev–Trinajstić information content (AvgIpc) is 3.17. The summed E-state index contributed by atoms with van der Waals surface area (Å²) in [6.45, 7) is 4.04. The second kappa shape index (κ2) is 5.16. The summed E-state index contributed by atoms with van der Waals surface area (Å²) >= 11 is 1.80. The van der Waals surface area contributed by atoms with Gasteiger partial charge in [0.05, 0.1) is 13.2 Å². The van der Waals surface area contributed by atoms with Crippen LogP contribution in [0, 0.1) is 0 Å². The molecule has 1 fully saturated rings. The number of thiophene rings is 1. The lowest BCUT2D eigenvalue weighted by Gasteiger charge is -2.25. The zero-order valence-corrected chi connectivity index (χ0v) is 11.9.